The first-order chi connectivity index (χ1) is 11.6. The van der Waals surface area contributed by atoms with Crippen LogP contribution < -0.4 is 0 Å². The van der Waals surface area contributed by atoms with E-state index in [9.17, 15) is 10.1 Å². The van der Waals surface area contributed by atoms with Crippen molar-refractivity contribution in [3.05, 3.63) is 70.3 Å². The number of benzene rings is 2. The van der Waals surface area contributed by atoms with Crippen LogP contribution in [0.5, 0.6) is 0 Å². The quantitative estimate of drug-likeness (QED) is 0.388. The van der Waals surface area contributed by atoms with Gasteiger partial charge in [-0.1, -0.05) is 54.2 Å². The van der Waals surface area contributed by atoms with Crippen molar-refractivity contribution in [2.45, 2.75) is 11.6 Å². The minimum absolute atomic E-state index is 0.0498. The van der Waals surface area contributed by atoms with Gasteiger partial charge in [-0.25, -0.2) is 0 Å². The van der Waals surface area contributed by atoms with Gasteiger partial charge < -0.3 is 4.57 Å². The average molecular weight is 340 g/mol. The fraction of sp³-hybridized carbons (Fsp3) is 0.176. The van der Waals surface area contributed by atoms with E-state index < -0.39 is 4.92 Å². The molecule has 6 nitrogen and oxygen atoms in total. The number of rotatable bonds is 6. The standard InChI is InChI=1S/C17H16N4O2S/c1-20-16(14-8-5-9-15(12-14)21(22)23)18-19-17(20)24-11-10-13-6-3-2-4-7-13/h2-9,12H,10-11H2,1H3. The van der Waals surface area contributed by atoms with Crippen LogP contribution in [0.2, 0.25) is 0 Å². The molecule has 1 heterocycles. The molecule has 0 atom stereocenters. The lowest BCUT2D eigenvalue weighted by atomic mass is 10.2. The second-order valence-corrected chi connectivity index (χ2v) is 6.32. The molecule has 1 aromatic heterocycles. The van der Waals surface area contributed by atoms with Crippen LogP contribution >= 0.6 is 11.8 Å². The number of nitro benzene ring substituents is 1. The Balaban J connectivity index is 1.72. The van der Waals surface area contributed by atoms with Gasteiger partial charge in [0, 0.05) is 30.5 Å². The van der Waals surface area contributed by atoms with Crippen LogP contribution in [0, 0.1) is 10.1 Å². The van der Waals surface area contributed by atoms with E-state index in [1.807, 2.05) is 29.8 Å². The van der Waals surface area contributed by atoms with E-state index in [0.29, 0.717) is 11.4 Å². The maximum atomic E-state index is 10.9. The normalized spacial score (nSPS) is 10.7. The molecule has 0 N–H and O–H groups in total. The lowest BCUT2D eigenvalue weighted by Gasteiger charge is -2.04. The van der Waals surface area contributed by atoms with E-state index in [1.54, 1.807) is 23.9 Å². The zero-order chi connectivity index (χ0) is 16.9. The molecule has 3 aromatic rings. The molecule has 0 bridgehead atoms. The number of hydrogen-bond donors (Lipinski definition) is 0. The Labute approximate surface area is 143 Å². The molecule has 0 unspecified atom stereocenters. The lowest BCUT2D eigenvalue weighted by molar-refractivity contribution is -0.384. The van der Waals surface area contributed by atoms with E-state index in [4.69, 9.17) is 0 Å². The number of thioether (sulfide) groups is 1. The third-order valence-electron chi connectivity index (χ3n) is 3.61. The molecule has 0 aliphatic heterocycles. The van der Waals surface area contributed by atoms with Crippen LogP contribution in [0.25, 0.3) is 11.4 Å². The SMILES string of the molecule is Cn1c(SCCc2ccccc2)nnc1-c1cccc([N+](=O)[O-])c1. The minimum Gasteiger partial charge on any atom is -0.305 e. The molecule has 0 saturated carbocycles. The van der Waals surface area contributed by atoms with E-state index >= 15 is 0 Å². The third-order valence-corrected chi connectivity index (χ3v) is 4.64. The first-order valence-corrected chi connectivity index (χ1v) is 8.44. The fourth-order valence-corrected chi connectivity index (χ4v) is 3.25. The predicted octanol–water partition coefficient (Wildman–Crippen LogP) is 3.73. The zero-order valence-corrected chi connectivity index (χ0v) is 13.9. The van der Waals surface area contributed by atoms with Crippen molar-refractivity contribution in [2.24, 2.45) is 7.05 Å². The number of aromatic nitrogens is 3. The first-order valence-electron chi connectivity index (χ1n) is 7.46. The number of aryl methyl sites for hydroxylation is 1. The number of nitrogens with zero attached hydrogens (tertiary/aromatic N) is 4. The van der Waals surface area contributed by atoms with Crippen LogP contribution in [0.4, 0.5) is 5.69 Å². The van der Waals surface area contributed by atoms with Crippen molar-refractivity contribution in [2.75, 3.05) is 5.75 Å². The van der Waals surface area contributed by atoms with Crippen molar-refractivity contribution < 1.29 is 4.92 Å². The third kappa shape index (κ3) is 3.62. The molecule has 0 aliphatic carbocycles. The molecule has 122 valence electrons. The highest BCUT2D eigenvalue weighted by atomic mass is 32.2. The van der Waals surface area contributed by atoms with Crippen LogP contribution in [0.3, 0.4) is 0 Å². The van der Waals surface area contributed by atoms with E-state index in [2.05, 4.69) is 22.3 Å². The summed E-state index contributed by atoms with van der Waals surface area (Å²) in [5.74, 6) is 1.52. The molecular formula is C17H16N4O2S. The van der Waals surface area contributed by atoms with Crippen LogP contribution in [-0.2, 0) is 13.5 Å². The Morgan fingerprint density at radius 3 is 2.67 bits per heavy atom. The van der Waals surface area contributed by atoms with Crippen molar-refractivity contribution in [1.82, 2.24) is 14.8 Å². The van der Waals surface area contributed by atoms with Crippen LogP contribution in [0.1, 0.15) is 5.56 Å². The van der Waals surface area contributed by atoms with E-state index in [-0.39, 0.29) is 5.69 Å². The summed E-state index contributed by atoms with van der Waals surface area (Å²) < 4.78 is 1.87. The minimum atomic E-state index is -0.407. The molecule has 0 aliphatic rings. The molecule has 0 saturated heterocycles. The second kappa shape index (κ2) is 7.27. The van der Waals surface area contributed by atoms with Gasteiger partial charge in [0.2, 0.25) is 0 Å². The highest BCUT2D eigenvalue weighted by Gasteiger charge is 2.14. The van der Waals surface area contributed by atoms with Gasteiger partial charge in [-0.2, -0.15) is 0 Å². The summed E-state index contributed by atoms with van der Waals surface area (Å²) in [5, 5.41) is 20.1. The monoisotopic (exact) mass is 340 g/mol. The summed E-state index contributed by atoms with van der Waals surface area (Å²) in [6.45, 7) is 0. The van der Waals surface area contributed by atoms with Gasteiger partial charge >= 0.3 is 0 Å². The van der Waals surface area contributed by atoms with Crippen molar-refractivity contribution >= 4 is 17.4 Å². The van der Waals surface area contributed by atoms with Gasteiger partial charge in [0.05, 0.1) is 4.92 Å². The summed E-state index contributed by atoms with van der Waals surface area (Å²) in [5.41, 5.74) is 2.02. The van der Waals surface area contributed by atoms with Gasteiger partial charge in [-0.15, -0.1) is 10.2 Å². The highest BCUT2D eigenvalue weighted by molar-refractivity contribution is 7.99. The van der Waals surface area contributed by atoms with Crippen LogP contribution in [0.15, 0.2) is 59.8 Å². The summed E-state index contributed by atoms with van der Waals surface area (Å²) in [6, 6.07) is 16.7. The van der Waals surface area contributed by atoms with Gasteiger partial charge in [-0.05, 0) is 12.0 Å². The highest BCUT2D eigenvalue weighted by Crippen LogP contribution is 2.25. The Morgan fingerprint density at radius 1 is 1.12 bits per heavy atom. The molecule has 0 radical (unpaired) electrons. The molecule has 0 fully saturated rings. The number of nitro groups is 1. The molecule has 2 aromatic carbocycles. The smallest absolute Gasteiger partial charge is 0.270 e. The molecule has 0 amide bonds. The maximum Gasteiger partial charge on any atom is 0.270 e. The van der Waals surface area contributed by atoms with Gasteiger partial charge in [0.15, 0.2) is 11.0 Å². The molecule has 7 heteroatoms. The molecule has 0 spiro atoms. The van der Waals surface area contributed by atoms with Gasteiger partial charge in [-0.3, -0.25) is 10.1 Å². The Morgan fingerprint density at radius 2 is 1.92 bits per heavy atom. The molecule has 24 heavy (non-hydrogen) atoms. The zero-order valence-electron chi connectivity index (χ0n) is 13.1. The molecule has 3 rings (SSSR count). The van der Waals surface area contributed by atoms with E-state index in [1.165, 1.54) is 17.7 Å². The number of hydrogen-bond acceptors (Lipinski definition) is 5. The Bertz CT molecular complexity index is 849. The Kier molecular flexibility index (Phi) is 4.90. The topological polar surface area (TPSA) is 73.8 Å². The fourth-order valence-electron chi connectivity index (χ4n) is 2.36. The summed E-state index contributed by atoms with van der Waals surface area (Å²) in [6.07, 6.45) is 0.949. The maximum absolute atomic E-state index is 10.9. The second-order valence-electron chi connectivity index (χ2n) is 5.26. The summed E-state index contributed by atoms with van der Waals surface area (Å²) in [7, 11) is 1.87. The van der Waals surface area contributed by atoms with Gasteiger partial charge in [0.25, 0.3) is 5.69 Å². The van der Waals surface area contributed by atoms with Crippen LogP contribution in [-0.4, -0.2) is 25.4 Å². The van der Waals surface area contributed by atoms with Crippen molar-refractivity contribution in [1.29, 1.82) is 0 Å². The Hall–Kier alpha value is -2.67. The summed E-state index contributed by atoms with van der Waals surface area (Å²) in [4.78, 5) is 10.5. The van der Waals surface area contributed by atoms with E-state index in [0.717, 1.165) is 17.3 Å². The van der Waals surface area contributed by atoms with Gasteiger partial charge in [0.1, 0.15) is 0 Å². The largest absolute Gasteiger partial charge is 0.305 e. The number of non-ortho nitro benzene ring substituents is 1. The lowest BCUT2D eigenvalue weighted by Crippen LogP contribution is -1.97. The average Bonchev–Trinajstić information content (AvgIpc) is 2.97. The molecular weight excluding hydrogens is 324 g/mol. The summed E-state index contributed by atoms with van der Waals surface area (Å²) >= 11 is 1.62. The first kappa shape index (κ1) is 16.2. The van der Waals surface area contributed by atoms with Crippen molar-refractivity contribution in [3.63, 3.8) is 0 Å². The predicted molar refractivity (Wildman–Crippen MR) is 94.0 cm³/mol. The van der Waals surface area contributed by atoms with Crippen molar-refractivity contribution in [3.8, 4) is 11.4 Å².